The van der Waals surface area contributed by atoms with Gasteiger partial charge >= 0.3 is 0 Å². The van der Waals surface area contributed by atoms with E-state index in [0.717, 1.165) is 18.4 Å². The van der Waals surface area contributed by atoms with Crippen LogP contribution in [0.25, 0.3) is 10.9 Å². The van der Waals surface area contributed by atoms with Crippen LogP contribution in [0, 0.1) is 18.4 Å². The summed E-state index contributed by atoms with van der Waals surface area (Å²) in [6.07, 6.45) is 5.96. The van der Waals surface area contributed by atoms with Crippen LogP contribution in [0.3, 0.4) is 0 Å². The summed E-state index contributed by atoms with van der Waals surface area (Å²) in [5.41, 5.74) is 3.43. The molecule has 4 atom stereocenters. The van der Waals surface area contributed by atoms with Gasteiger partial charge in [-0.15, -0.1) is 0 Å². The zero-order valence-corrected chi connectivity index (χ0v) is 15.5. The molecule has 0 saturated heterocycles. The zero-order valence-electron chi connectivity index (χ0n) is 15.5. The lowest BCUT2D eigenvalue weighted by atomic mass is 9.86. The third kappa shape index (κ3) is 4.06. The molecule has 2 aromatic carbocycles. The second-order valence-corrected chi connectivity index (χ2v) is 7.58. The summed E-state index contributed by atoms with van der Waals surface area (Å²) in [6.45, 7) is 11.6. The highest BCUT2D eigenvalue weighted by atomic mass is 16.3. The average Bonchev–Trinajstić information content (AvgIpc) is 3.09. The maximum absolute atomic E-state index is 10.2. The van der Waals surface area contributed by atoms with Gasteiger partial charge in [-0.3, -0.25) is 0 Å². The number of benzene rings is 2. The minimum absolute atomic E-state index is 0.0564. The molecule has 0 bridgehead atoms. The lowest BCUT2D eigenvalue weighted by Gasteiger charge is -2.19. The van der Waals surface area contributed by atoms with Crippen LogP contribution in [-0.4, -0.2) is 11.1 Å². The molecule has 26 heavy (non-hydrogen) atoms. The molecular formula is C24H27NO. The van der Waals surface area contributed by atoms with Gasteiger partial charge in [-0.25, -0.2) is 6.57 Å². The Hall–Kier alpha value is -2.37. The van der Waals surface area contributed by atoms with Gasteiger partial charge in [0.25, 0.3) is 0 Å². The van der Waals surface area contributed by atoms with Crippen molar-refractivity contribution in [1.82, 2.24) is 0 Å². The topological polar surface area (TPSA) is 24.6 Å². The maximum atomic E-state index is 10.2. The Bertz CT molecular complexity index is 770. The monoisotopic (exact) mass is 345 g/mol. The van der Waals surface area contributed by atoms with Crippen LogP contribution in [-0.2, 0) is 0 Å². The molecule has 0 spiro atoms. The Morgan fingerprint density at radius 1 is 1.04 bits per heavy atom. The van der Waals surface area contributed by atoms with Gasteiger partial charge in [0.15, 0.2) is 0 Å². The van der Waals surface area contributed by atoms with Crippen LogP contribution < -0.4 is 0 Å². The highest BCUT2D eigenvalue weighted by molar-refractivity contribution is 5.50. The predicted molar refractivity (Wildman–Crippen MR) is 108 cm³/mol. The van der Waals surface area contributed by atoms with Crippen molar-refractivity contribution in [1.29, 1.82) is 0 Å². The number of hydrogen-bond donors (Lipinski definition) is 1. The molecule has 1 aliphatic carbocycles. The average molecular weight is 345 g/mol. The molecule has 1 fully saturated rings. The molecular weight excluding hydrogens is 318 g/mol. The summed E-state index contributed by atoms with van der Waals surface area (Å²) in [4.78, 5) is 3.88. The Morgan fingerprint density at radius 2 is 1.73 bits per heavy atom. The molecule has 134 valence electrons. The van der Waals surface area contributed by atoms with E-state index in [1.807, 2.05) is 44.2 Å². The first-order chi connectivity index (χ1) is 12.6. The molecule has 1 aliphatic rings. The number of aliphatic hydroxyl groups is 1. The number of hydrogen-bond acceptors (Lipinski definition) is 1. The van der Waals surface area contributed by atoms with Gasteiger partial charge in [-0.05, 0) is 34.9 Å². The van der Waals surface area contributed by atoms with Crippen molar-refractivity contribution in [2.75, 3.05) is 0 Å². The molecule has 3 rings (SSSR count). The SMILES string of the molecule is [C-]#[N+]C1CCC(c2ccc(C(O)C(C)C)cc2)C1/C=C/c1ccccc1. The molecule has 0 radical (unpaired) electrons. The molecule has 2 heteroatoms. The third-order valence-electron chi connectivity index (χ3n) is 5.50. The van der Waals surface area contributed by atoms with E-state index in [1.165, 1.54) is 11.1 Å². The van der Waals surface area contributed by atoms with Gasteiger partial charge in [-0.1, -0.05) is 80.6 Å². The first-order valence-corrected chi connectivity index (χ1v) is 9.48. The first-order valence-electron chi connectivity index (χ1n) is 9.48. The molecule has 1 N–H and O–H groups in total. The normalized spacial score (nSPS) is 24.0. The third-order valence-corrected chi connectivity index (χ3v) is 5.50. The summed E-state index contributed by atoms with van der Waals surface area (Å²) >= 11 is 0. The first kappa shape index (κ1) is 18.4. The molecule has 0 aromatic heterocycles. The Kier molecular flexibility index (Phi) is 5.91. The predicted octanol–water partition coefficient (Wildman–Crippen LogP) is 5.87. The standard InChI is InChI=1S/C24H27NO/c1-17(2)24(26)20-12-10-19(11-13-20)21-15-16-23(25-3)22(21)14-9-18-7-5-4-6-8-18/h4-14,17,21-24,26H,15-16H2,1-2H3/b14-9+. The van der Waals surface area contributed by atoms with Gasteiger partial charge in [0.1, 0.15) is 0 Å². The molecule has 0 amide bonds. The van der Waals surface area contributed by atoms with Gasteiger partial charge in [0.05, 0.1) is 12.0 Å². The summed E-state index contributed by atoms with van der Waals surface area (Å²) < 4.78 is 0. The maximum Gasteiger partial charge on any atom is 0.230 e. The van der Waals surface area contributed by atoms with E-state index in [9.17, 15) is 5.11 Å². The molecule has 0 heterocycles. The van der Waals surface area contributed by atoms with E-state index in [2.05, 4.69) is 41.3 Å². The van der Waals surface area contributed by atoms with Crippen LogP contribution in [0.4, 0.5) is 0 Å². The van der Waals surface area contributed by atoms with Crippen LogP contribution in [0.2, 0.25) is 0 Å². The van der Waals surface area contributed by atoms with Gasteiger partial charge in [0.2, 0.25) is 6.04 Å². The van der Waals surface area contributed by atoms with Crippen molar-refractivity contribution in [3.8, 4) is 0 Å². The summed E-state index contributed by atoms with van der Waals surface area (Å²) in [5, 5.41) is 10.2. The van der Waals surface area contributed by atoms with Gasteiger partial charge in [0, 0.05) is 6.42 Å². The smallest absolute Gasteiger partial charge is 0.230 e. The van der Waals surface area contributed by atoms with E-state index in [1.54, 1.807) is 0 Å². The van der Waals surface area contributed by atoms with E-state index in [-0.39, 0.29) is 17.9 Å². The van der Waals surface area contributed by atoms with E-state index in [4.69, 9.17) is 6.57 Å². The van der Waals surface area contributed by atoms with Crippen molar-refractivity contribution in [3.63, 3.8) is 0 Å². The molecule has 4 unspecified atom stereocenters. The number of aliphatic hydroxyl groups excluding tert-OH is 1. The summed E-state index contributed by atoms with van der Waals surface area (Å²) in [6, 6.07) is 18.7. The van der Waals surface area contributed by atoms with Crippen LogP contribution in [0.5, 0.6) is 0 Å². The van der Waals surface area contributed by atoms with Crippen LogP contribution in [0.15, 0.2) is 60.7 Å². The lowest BCUT2D eigenvalue weighted by Crippen LogP contribution is -2.13. The minimum atomic E-state index is -0.419. The Labute approximate surface area is 157 Å². The molecule has 2 nitrogen and oxygen atoms in total. The second kappa shape index (κ2) is 8.34. The highest BCUT2D eigenvalue weighted by Gasteiger charge is 2.39. The Balaban J connectivity index is 1.81. The fourth-order valence-corrected chi connectivity index (χ4v) is 3.92. The fourth-order valence-electron chi connectivity index (χ4n) is 3.92. The van der Waals surface area contributed by atoms with Crippen molar-refractivity contribution in [2.45, 2.75) is 44.8 Å². The summed E-state index contributed by atoms with van der Waals surface area (Å²) in [5.74, 6) is 0.827. The second-order valence-electron chi connectivity index (χ2n) is 7.58. The van der Waals surface area contributed by atoms with Crippen LogP contribution >= 0.6 is 0 Å². The molecule has 2 aromatic rings. The van der Waals surface area contributed by atoms with Crippen molar-refractivity contribution < 1.29 is 5.11 Å². The molecule has 0 aliphatic heterocycles. The fraction of sp³-hybridized carbons (Fsp3) is 0.375. The molecule has 1 saturated carbocycles. The number of nitrogens with zero attached hydrogens (tertiary/aromatic N) is 1. The Morgan fingerprint density at radius 3 is 2.35 bits per heavy atom. The van der Waals surface area contributed by atoms with Crippen molar-refractivity contribution >= 4 is 6.08 Å². The number of rotatable bonds is 5. The van der Waals surface area contributed by atoms with E-state index in [0.29, 0.717) is 5.92 Å². The quantitative estimate of drug-likeness (QED) is 0.673. The van der Waals surface area contributed by atoms with Crippen molar-refractivity contribution in [2.24, 2.45) is 11.8 Å². The lowest BCUT2D eigenvalue weighted by molar-refractivity contribution is 0.127. The van der Waals surface area contributed by atoms with Gasteiger partial charge < -0.3 is 9.95 Å². The van der Waals surface area contributed by atoms with E-state index >= 15 is 0 Å². The van der Waals surface area contributed by atoms with E-state index < -0.39 is 6.10 Å². The largest absolute Gasteiger partial charge is 0.388 e. The van der Waals surface area contributed by atoms with Crippen LogP contribution in [0.1, 0.15) is 55.4 Å². The minimum Gasteiger partial charge on any atom is -0.388 e. The van der Waals surface area contributed by atoms with Gasteiger partial charge in [-0.2, -0.15) is 0 Å². The van der Waals surface area contributed by atoms with Crippen molar-refractivity contribution in [3.05, 3.63) is 88.8 Å². The summed E-state index contributed by atoms with van der Waals surface area (Å²) in [7, 11) is 0. The highest BCUT2D eigenvalue weighted by Crippen LogP contribution is 2.43. The zero-order chi connectivity index (χ0) is 18.5.